The van der Waals surface area contributed by atoms with Crippen LogP contribution in [0.3, 0.4) is 0 Å². The molecule has 10 heavy (non-hydrogen) atoms. The predicted octanol–water partition coefficient (Wildman–Crippen LogP) is 1.93. The summed E-state index contributed by atoms with van der Waals surface area (Å²) < 4.78 is 0. The summed E-state index contributed by atoms with van der Waals surface area (Å²) in [6.07, 6.45) is 6.34. The minimum absolute atomic E-state index is 0.350. The third-order valence-corrected chi connectivity index (χ3v) is 2.57. The molecule has 1 saturated carbocycles. The lowest BCUT2D eigenvalue weighted by Crippen LogP contribution is -2.31. The van der Waals surface area contributed by atoms with E-state index in [1.165, 1.54) is 25.7 Å². The molecule has 0 spiro atoms. The smallest absolute Gasteiger partial charge is 0.0345 e. The van der Waals surface area contributed by atoms with Gasteiger partial charge in [0.05, 0.1) is 0 Å². The topological polar surface area (TPSA) is 32.3 Å². The van der Waals surface area contributed by atoms with E-state index in [9.17, 15) is 0 Å². The normalized spacial score (nSPS) is 23.4. The number of hydrogen-bond donors (Lipinski definition) is 2. The molecule has 2 nitrogen and oxygen atoms in total. The summed E-state index contributed by atoms with van der Waals surface area (Å²) in [5.41, 5.74) is 2.39. The Labute approximate surface area is 62.6 Å². The van der Waals surface area contributed by atoms with Crippen molar-refractivity contribution in [3.8, 4) is 0 Å². The summed E-state index contributed by atoms with van der Waals surface area (Å²) in [5, 5.41) is 8.74. The van der Waals surface area contributed by atoms with Crippen LogP contribution in [-0.4, -0.2) is 11.2 Å². The van der Waals surface area contributed by atoms with E-state index in [4.69, 9.17) is 5.21 Å². The van der Waals surface area contributed by atoms with Crippen LogP contribution in [0.2, 0.25) is 0 Å². The maximum atomic E-state index is 8.74. The first kappa shape index (κ1) is 8.02. The average Bonchev–Trinajstić information content (AvgIpc) is 2.43. The van der Waals surface area contributed by atoms with Gasteiger partial charge in [-0.05, 0) is 25.2 Å². The lowest BCUT2D eigenvalue weighted by Gasteiger charge is -2.19. The monoisotopic (exact) mass is 143 g/mol. The summed E-state index contributed by atoms with van der Waals surface area (Å²) in [6, 6.07) is 0.350. The minimum Gasteiger partial charge on any atom is -0.317 e. The number of nitrogens with one attached hydrogen (secondary N) is 1. The van der Waals surface area contributed by atoms with Gasteiger partial charge in [0.25, 0.3) is 0 Å². The van der Waals surface area contributed by atoms with Crippen molar-refractivity contribution in [3.05, 3.63) is 0 Å². The molecular formula is C8H17NO. The molecule has 1 fully saturated rings. The Morgan fingerprint density at radius 1 is 1.50 bits per heavy atom. The largest absolute Gasteiger partial charge is 0.317 e. The van der Waals surface area contributed by atoms with Gasteiger partial charge < -0.3 is 5.21 Å². The summed E-state index contributed by atoms with van der Waals surface area (Å²) in [4.78, 5) is 0. The quantitative estimate of drug-likeness (QED) is 0.592. The highest BCUT2D eigenvalue weighted by Gasteiger charge is 2.22. The van der Waals surface area contributed by atoms with Crippen LogP contribution >= 0.6 is 0 Å². The zero-order chi connectivity index (χ0) is 7.40. The molecule has 1 unspecified atom stereocenters. The molecule has 0 saturated heterocycles. The molecule has 1 atom stereocenters. The number of hydroxylamine groups is 1. The van der Waals surface area contributed by atoms with Gasteiger partial charge in [0.2, 0.25) is 0 Å². The Bertz CT molecular complexity index is 85.3. The van der Waals surface area contributed by atoms with Gasteiger partial charge in [-0.25, -0.2) is 5.48 Å². The molecule has 1 rings (SSSR count). The molecule has 0 heterocycles. The van der Waals surface area contributed by atoms with Crippen LogP contribution in [-0.2, 0) is 0 Å². The van der Waals surface area contributed by atoms with Crippen LogP contribution in [0, 0.1) is 5.92 Å². The molecule has 0 aliphatic heterocycles. The maximum Gasteiger partial charge on any atom is 0.0345 e. The van der Waals surface area contributed by atoms with Crippen molar-refractivity contribution < 1.29 is 5.21 Å². The van der Waals surface area contributed by atoms with Gasteiger partial charge in [0, 0.05) is 6.04 Å². The lowest BCUT2D eigenvalue weighted by molar-refractivity contribution is 0.0956. The summed E-state index contributed by atoms with van der Waals surface area (Å²) in [7, 11) is 0. The van der Waals surface area contributed by atoms with Gasteiger partial charge in [-0.1, -0.05) is 19.8 Å². The van der Waals surface area contributed by atoms with Crippen molar-refractivity contribution in [2.24, 2.45) is 5.92 Å². The van der Waals surface area contributed by atoms with E-state index in [-0.39, 0.29) is 0 Å². The Morgan fingerprint density at radius 2 is 2.10 bits per heavy atom. The van der Waals surface area contributed by atoms with E-state index in [2.05, 4.69) is 12.4 Å². The van der Waals surface area contributed by atoms with Crippen LogP contribution in [0.1, 0.15) is 39.0 Å². The molecule has 0 aromatic heterocycles. The van der Waals surface area contributed by atoms with E-state index >= 15 is 0 Å². The van der Waals surface area contributed by atoms with E-state index in [1.54, 1.807) is 0 Å². The van der Waals surface area contributed by atoms with Crippen LogP contribution in [0.4, 0.5) is 0 Å². The summed E-state index contributed by atoms with van der Waals surface area (Å²) in [6.45, 7) is 2.12. The SMILES string of the molecule is CCC(NO)C1CCCC1. The van der Waals surface area contributed by atoms with E-state index in [1.807, 2.05) is 0 Å². The predicted molar refractivity (Wildman–Crippen MR) is 41.0 cm³/mol. The number of hydrogen-bond acceptors (Lipinski definition) is 2. The van der Waals surface area contributed by atoms with Crippen molar-refractivity contribution >= 4 is 0 Å². The first-order chi connectivity index (χ1) is 4.88. The molecule has 0 radical (unpaired) electrons. The fourth-order valence-electron chi connectivity index (χ4n) is 1.89. The van der Waals surface area contributed by atoms with Crippen molar-refractivity contribution in [3.63, 3.8) is 0 Å². The number of rotatable bonds is 3. The maximum absolute atomic E-state index is 8.74. The molecule has 1 aliphatic rings. The van der Waals surface area contributed by atoms with Gasteiger partial charge in [0.1, 0.15) is 0 Å². The van der Waals surface area contributed by atoms with Crippen LogP contribution < -0.4 is 5.48 Å². The molecule has 1 aliphatic carbocycles. The highest BCUT2D eigenvalue weighted by molar-refractivity contribution is 4.76. The summed E-state index contributed by atoms with van der Waals surface area (Å²) in [5.74, 6) is 0.731. The summed E-state index contributed by atoms with van der Waals surface area (Å²) >= 11 is 0. The standard InChI is InChI=1S/C8H17NO/c1-2-8(9-10)7-5-3-4-6-7/h7-10H,2-6H2,1H3. The molecule has 0 aromatic carbocycles. The highest BCUT2D eigenvalue weighted by atomic mass is 16.5. The van der Waals surface area contributed by atoms with E-state index in [0.29, 0.717) is 6.04 Å². The first-order valence-corrected chi connectivity index (χ1v) is 4.28. The highest BCUT2D eigenvalue weighted by Crippen LogP contribution is 2.28. The van der Waals surface area contributed by atoms with Crippen LogP contribution in [0.25, 0.3) is 0 Å². The Hall–Kier alpha value is -0.0800. The van der Waals surface area contributed by atoms with Crippen molar-refractivity contribution in [2.75, 3.05) is 0 Å². The Balaban J connectivity index is 2.29. The zero-order valence-corrected chi connectivity index (χ0v) is 6.64. The second kappa shape index (κ2) is 3.94. The van der Waals surface area contributed by atoms with Crippen molar-refractivity contribution in [1.29, 1.82) is 0 Å². The molecular weight excluding hydrogens is 126 g/mol. The van der Waals surface area contributed by atoms with Gasteiger partial charge in [-0.3, -0.25) is 0 Å². The van der Waals surface area contributed by atoms with E-state index in [0.717, 1.165) is 12.3 Å². The van der Waals surface area contributed by atoms with Gasteiger partial charge in [0.15, 0.2) is 0 Å². The minimum atomic E-state index is 0.350. The second-order valence-corrected chi connectivity index (χ2v) is 3.19. The molecule has 0 aromatic rings. The van der Waals surface area contributed by atoms with Crippen molar-refractivity contribution in [2.45, 2.75) is 45.1 Å². The molecule has 0 bridgehead atoms. The van der Waals surface area contributed by atoms with Gasteiger partial charge in [-0.15, -0.1) is 0 Å². The fraction of sp³-hybridized carbons (Fsp3) is 1.00. The first-order valence-electron chi connectivity index (χ1n) is 4.28. The molecule has 60 valence electrons. The van der Waals surface area contributed by atoms with Gasteiger partial charge in [-0.2, -0.15) is 0 Å². The van der Waals surface area contributed by atoms with Gasteiger partial charge >= 0.3 is 0 Å². The molecule has 2 N–H and O–H groups in total. The van der Waals surface area contributed by atoms with Crippen LogP contribution in [0.15, 0.2) is 0 Å². The fourth-order valence-corrected chi connectivity index (χ4v) is 1.89. The second-order valence-electron chi connectivity index (χ2n) is 3.19. The Kier molecular flexibility index (Phi) is 3.16. The van der Waals surface area contributed by atoms with E-state index < -0.39 is 0 Å². The third kappa shape index (κ3) is 1.70. The average molecular weight is 143 g/mol. The molecule has 2 heteroatoms. The third-order valence-electron chi connectivity index (χ3n) is 2.57. The lowest BCUT2D eigenvalue weighted by atomic mass is 9.97. The van der Waals surface area contributed by atoms with Crippen molar-refractivity contribution in [1.82, 2.24) is 5.48 Å². The van der Waals surface area contributed by atoms with Crippen LogP contribution in [0.5, 0.6) is 0 Å². The molecule has 0 amide bonds. The Morgan fingerprint density at radius 3 is 2.50 bits per heavy atom. The zero-order valence-electron chi connectivity index (χ0n) is 6.64.